The maximum Gasteiger partial charge on any atom is 0.243 e. The summed E-state index contributed by atoms with van der Waals surface area (Å²) < 4.78 is 28.8. The van der Waals surface area contributed by atoms with Crippen LogP contribution >= 0.6 is 11.3 Å². The first-order valence-electron chi connectivity index (χ1n) is 7.77. The molecule has 24 heavy (non-hydrogen) atoms. The Bertz CT molecular complexity index is 942. The molecular formula is C15H17N5O2S2. The van der Waals surface area contributed by atoms with Crippen molar-refractivity contribution in [3.8, 4) is 0 Å². The van der Waals surface area contributed by atoms with Crippen LogP contribution in [0.4, 0.5) is 0 Å². The Morgan fingerprint density at radius 1 is 1.25 bits per heavy atom. The normalized spacial score (nSPS) is 17.5. The SMILES string of the molecule is Cc1cccc(S(=O)(=O)N2CCC(c3nn4cnnc4s3)CC2)c1. The van der Waals surface area contributed by atoms with Gasteiger partial charge in [-0.25, -0.2) is 8.42 Å². The topological polar surface area (TPSA) is 80.5 Å². The molecule has 1 saturated heterocycles. The molecule has 7 nitrogen and oxygen atoms in total. The molecule has 0 radical (unpaired) electrons. The van der Waals surface area contributed by atoms with E-state index in [1.54, 1.807) is 33.3 Å². The number of piperidine rings is 1. The lowest BCUT2D eigenvalue weighted by Gasteiger charge is -2.30. The second-order valence-electron chi connectivity index (χ2n) is 5.99. The molecule has 0 atom stereocenters. The minimum absolute atomic E-state index is 0.278. The van der Waals surface area contributed by atoms with E-state index in [9.17, 15) is 8.42 Å². The van der Waals surface area contributed by atoms with Crippen LogP contribution in [-0.2, 0) is 10.0 Å². The summed E-state index contributed by atoms with van der Waals surface area (Å²) in [5.74, 6) is 0.278. The van der Waals surface area contributed by atoms with Gasteiger partial charge in [-0.1, -0.05) is 23.5 Å². The molecule has 0 N–H and O–H groups in total. The molecule has 3 aromatic rings. The summed E-state index contributed by atoms with van der Waals surface area (Å²) in [6, 6.07) is 7.08. The Morgan fingerprint density at radius 3 is 2.75 bits per heavy atom. The fourth-order valence-electron chi connectivity index (χ4n) is 3.01. The van der Waals surface area contributed by atoms with Crippen molar-refractivity contribution in [1.29, 1.82) is 0 Å². The molecule has 0 aliphatic carbocycles. The van der Waals surface area contributed by atoms with Gasteiger partial charge in [0.05, 0.1) is 4.90 Å². The predicted molar refractivity (Wildman–Crippen MR) is 90.6 cm³/mol. The van der Waals surface area contributed by atoms with Crippen LogP contribution in [0.1, 0.15) is 29.3 Å². The van der Waals surface area contributed by atoms with E-state index in [1.807, 2.05) is 13.0 Å². The summed E-state index contributed by atoms with van der Waals surface area (Å²) in [7, 11) is -3.42. The van der Waals surface area contributed by atoms with Crippen LogP contribution in [0.5, 0.6) is 0 Å². The molecule has 4 rings (SSSR count). The first-order valence-corrected chi connectivity index (χ1v) is 10.0. The molecule has 0 spiro atoms. The van der Waals surface area contributed by atoms with Crippen molar-refractivity contribution < 1.29 is 8.42 Å². The number of aromatic nitrogens is 4. The Labute approximate surface area is 144 Å². The third kappa shape index (κ3) is 2.72. The van der Waals surface area contributed by atoms with Gasteiger partial charge in [0.15, 0.2) is 0 Å². The summed E-state index contributed by atoms with van der Waals surface area (Å²) in [5.41, 5.74) is 0.950. The van der Waals surface area contributed by atoms with E-state index in [-0.39, 0.29) is 5.92 Å². The number of rotatable bonds is 3. The van der Waals surface area contributed by atoms with Crippen LogP contribution in [0.25, 0.3) is 4.96 Å². The van der Waals surface area contributed by atoms with Crippen molar-refractivity contribution in [1.82, 2.24) is 24.1 Å². The minimum Gasteiger partial charge on any atom is -0.207 e. The highest BCUT2D eigenvalue weighted by Gasteiger charge is 2.31. The zero-order chi connectivity index (χ0) is 16.7. The van der Waals surface area contributed by atoms with Crippen molar-refractivity contribution in [3.05, 3.63) is 41.2 Å². The Kier molecular flexibility index (Phi) is 3.86. The average Bonchev–Trinajstić information content (AvgIpc) is 3.16. The number of hydrogen-bond acceptors (Lipinski definition) is 6. The molecule has 1 aromatic carbocycles. The van der Waals surface area contributed by atoms with E-state index in [2.05, 4.69) is 15.3 Å². The lowest BCUT2D eigenvalue weighted by Crippen LogP contribution is -2.37. The van der Waals surface area contributed by atoms with Crippen LogP contribution < -0.4 is 0 Å². The van der Waals surface area contributed by atoms with Gasteiger partial charge in [-0.3, -0.25) is 0 Å². The highest BCUT2D eigenvalue weighted by molar-refractivity contribution is 7.89. The number of aryl methyl sites for hydroxylation is 1. The number of sulfonamides is 1. The van der Waals surface area contributed by atoms with Gasteiger partial charge >= 0.3 is 0 Å². The monoisotopic (exact) mass is 363 g/mol. The highest BCUT2D eigenvalue weighted by Crippen LogP contribution is 2.32. The van der Waals surface area contributed by atoms with Crippen molar-refractivity contribution in [2.45, 2.75) is 30.6 Å². The van der Waals surface area contributed by atoms with Crippen molar-refractivity contribution >= 4 is 26.3 Å². The van der Waals surface area contributed by atoms with Gasteiger partial charge in [-0.15, -0.1) is 10.2 Å². The zero-order valence-electron chi connectivity index (χ0n) is 13.2. The molecule has 1 fully saturated rings. The van der Waals surface area contributed by atoms with E-state index < -0.39 is 10.0 Å². The molecule has 126 valence electrons. The molecule has 9 heteroatoms. The molecule has 0 saturated carbocycles. The lowest BCUT2D eigenvalue weighted by molar-refractivity contribution is 0.318. The first-order chi connectivity index (χ1) is 11.5. The summed E-state index contributed by atoms with van der Waals surface area (Å²) in [5, 5.41) is 13.3. The Hall–Kier alpha value is -1.84. The third-order valence-corrected chi connectivity index (χ3v) is 7.30. The quantitative estimate of drug-likeness (QED) is 0.711. The molecule has 0 unspecified atom stereocenters. The van der Waals surface area contributed by atoms with Crippen molar-refractivity contribution in [3.63, 3.8) is 0 Å². The molecule has 1 aliphatic rings. The fourth-order valence-corrected chi connectivity index (χ4v) is 5.57. The van der Waals surface area contributed by atoms with Crippen LogP contribution in [0, 0.1) is 6.92 Å². The highest BCUT2D eigenvalue weighted by atomic mass is 32.2. The van der Waals surface area contributed by atoms with Gasteiger partial charge in [-0.2, -0.15) is 13.9 Å². The van der Waals surface area contributed by atoms with E-state index in [1.165, 1.54) is 11.3 Å². The van der Waals surface area contributed by atoms with E-state index in [0.29, 0.717) is 18.0 Å². The van der Waals surface area contributed by atoms with E-state index in [0.717, 1.165) is 28.4 Å². The molecule has 0 amide bonds. The van der Waals surface area contributed by atoms with Crippen molar-refractivity contribution in [2.24, 2.45) is 0 Å². The van der Waals surface area contributed by atoms with Crippen LogP contribution in [0.3, 0.4) is 0 Å². The van der Waals surface area contributed by atoms with Gasteiger partial charge < -0.3 is 0 Å². The largest absolute Gasteiger partial charge is 0.243 e. The smallest absolute Gasteiger partial charge is 0.207 e. The molecule has 1 aliphatic heterocycles. The van der Waals surface area contributed by atoms with Gasteiger partial charge in [0.2, 0.25) is 15.0 Å². The molecule has 2 aromatic heterocycles. The summed E-state index contributed by atoms with van der Waals surface area (Å²) in [6.45, 7) is 2.93. The maximum atomic E-state index is 12.8. The third-order valence-electron chi connectivity index (χ3n) is 4.33. The number of nitrogens with zero attached hydrogens (tertiary/aromatic N) is 5. The van der Waals surface area contributed by atoms with Crippen LogP contribution in [-0.4, -0.2) is 45.6 Å². The summed E-state index contributed by atoms with van der Waals surface area (Å²) >= 11 is 1.53. The lowest BCUT2D eigenvalue weighted by atomic mass is 9.99. The van der Waals surface area contributed by atoms with Crippen LogP contribution in [0.2, 0.25) is 0 Å². The second kappa shape index (κ2) is 5.91. The predicted octanol–water partition coefficient (Wildman–Crippen LogP) is 2.06. The molecule has 3 heterocycles. The number of fused-ring (bicyclic) bond motifs is 1. The zero-order valence-corrected chi connectivity index (χ0v) is 14.8. The van der Waals surface area contributed by atoms with Crippen LogP contribution in [0.15, 0.2) is 35.5 Å². The van der Waals surface area contributed by atoms with Gasteiger partial charge in [0.25, 0.3) is 0 Å². The minimum atomic E-state index is -3.42. The maximum absolute atomic E-state index is 12.8. The van der Waals surface area contributed by atoms with Crippen molar-refractivity contribution in [2.75, 3.05) is 13.1 Å². The number of benzene rings is 1. The standard InChI is InChI=1S/C15H17N5O2S2/c1-11-3-2-4-13(9-11)24(21,22)19-7-5-12(6-8-19)14-18-20-10-16-17-15(20)23-14/h2-4,9-10,12H,5-8H2,1H3. The summed E-state index contributed by atoms with van der Waals surface area (Å²) in [6.07, 6.45) is 3.14. The molecule has 0 bridgehead atoms. The summed E-state index contributed by atoms with van der Waals surface area (Å²) in [4.78, 5) is 1.15. The Morgan fingerprint density at radius 2 is 2.04 bits per heavy atom. The molecular weight excluding hydrogens is 346 g/mol. The van der Waals surface area contributed by atoms with E-state index >= 15 is 0 Å². The number of hydrogen-bond donors (Lipinski definition) is 0. The van der Waals surface area contributed by atoms with Gasteiger partial charge in [0.1, 0.15) is 11.3 Å². The average molecular weight is 363 g/mol. The van der Waals surface area contributed by atoms with E-state index in [4.69, 9.17) is 0 Å². The van der Waals surface area contributed by atoms with Gasteiger partial charge in [-0.05, 0) is 37.5 Å². The second-order valence-corrected chi connectivity index (χ2v) is 8.92. The van der Waals surface area contributed by atoms with Gasteiger partial charge in [0, 0.05) is 19.0 Å². The first kappa shape index (κ1) is 15.7. The Balaban J connectivity index is 1.50. The fraction of sp³-hybridized carbons (Fsp3) is 0.400.